The van der Waals surface area contributed by atoms with Gasteiger partial charge in [-0.25, -0.2) is 9.18 Å². The van der Waals surface area contributed by atoms with Gasteiger partial charge in [-0.15, -0.1) is 0 Å². The molecule has 0 radical (unpaired) electrons. The highest BCUT2D eigenvalue weighted by Crippen LogP contribution is 2.34. The Morgan fingerprint density at radius 3 is 2.29 bits per heavy atom. The molecule has 5 heteroatoms. The van der Waals surface area contributed by atoms with Crippen molar-refractivity contribution in [2.75, 3.05) is 13.2 Å². The number of hydrogen-bond donors (Lipinski definition) is 0. The van der Waals surface area contributed by atoms with E-state index in [1.165, 1.54) is 12.1 Å². The van der Waals surface area contributed by atoms with Crippen molar-refractivity contribution in [2.24, 2.45) is 0 Å². The molecule has 0 spiro atoms. The number of esters is 1. The molecule has 4 nitrogen and oxygen atoms in total. The van der Waals surface area contributed by atoms with Crippen molar-refractivity contribution >= 4 is 5.97 Å². The van der Waals surface area contributed by atoms with Crippen molar-refractivity contribution in [1.29, 1.82) is 0 Å². The minimum absolute atomic E-state index is 0.176. The SMILES string of the molecule is CCOCc1c(C(=O)OCC)c(C)n(CCc2ccc(F)cc2)c1C(C)(C)C. The fourth-order valence-corrected chi connectivity index (χ4v) is 3.65. The lowest BCUT2D eigenvalue weighted by molar-refractivity contribution is 0.0518. The topological polar surface area (TPSA) is 40.5 Å². The summed E-state index contributed by atoms with van der Waals surface area (Å²) in [5.41, 5.74) is 4.37. The molecule has 1 aromatic carbocycles. The van der Waals surface area contributed by atoms with Crippen molar-refractivity contribution in [2.45, 2.75) is 66.5 Å². The first-order valence-corrected chi connectivity index (χ1v) is 9.92. The van der Waals surface area contributed by atoms with Crippen LogP contribution in [0.3, 0.4) is 0 Å². The van der Waals surface area contributed by atoms with Crippen LogP contribution in [0.2, 0.25) is 0 Å². The largest absolute Gasteiger partial charge is 0.462 e. The lowest BCUT2D eigenvalue weighted by Gasteiger charge is -2.25. The van der Waals surface area contributed by atoms with Crippen LogP contribution >= 0.6 is 0 Å². The van der Waals surface area contributed by atoms with E-state index in [0.717, 1.165) is 28.9 Å². The molecule has 2 rings (SSSR count). The molecule has 0 N–H and O–H groups in total. The predicted molar refractivity (Wildman–Crippen MR) is 109 cm³/mol. The van der Waals surface area contributed by atoms with Gasteiger partial charge in [0.05, 0.1) is 18.8 Å². The second-order valence-corrected chi connectivity index (χ2v) is 7.92. The molecule has 0 bridgehead atoms. The van der Waals surface area contributed by atoms with Gasteiger partial charge in [-0.2, -0.15) is 0 Å². The summed E-state index contributed by atoms with van der Waals surface area (Å²) in [5, 5.41) is 0. The molecule has 0 fully saturated rings. The molecule has 0 saturated carbocycles. The van der Waals surface area contributed by atoms with Crippen LogP contribution in [0.5, 0.6) is 0 Å². The molecule has 0 saturated heterocycles. The van der Waals surface area contributed by atoms with E-state index in [1.54, 1.807) is 12.1 Å². The molecule has 0 amide bonds. The summed E-state index contributed by atoms with van der Waals surface area (Å²) in [6, 6.07) is 6.57. The van der Waals surface area contributed by atoms with Crippen LogP contribution in [0.4, 0.5) is 4.39 Å². The minimum atomic E-state index is -0.305. The maximum Gasteiger partial charge on any atom is 0.340 e. The van der Waals surface area contributed by atoms with Crippen LogP contribution in [0, 0.1) is 12.7 Å². The normalized spacial score (nSPS) is 11.7. The monoisotopic (exact) mass is 389 g/mol. The van der Waals surface area contributed by atoms with Gasteiger partial charge < -0.3 is 14.0 Å². The Bertz CT molecular complexity index is 801. The number of ether oxygens (including phenoxy) is 2. The number of benzene rings is 1. The van der Waals surface area contributed by atoms with Crippen molar-refractivity contribution in [3.63, 3.8) is 0 Å². The fraction of sp³-hybridized carbons (Fsp3) is 0.522. The Labute approximate surface area is 167 Å². The lowest BCUT2D eigenvalue weighted by Crippen LogP contribution is -2.21. The van der Waals surface area contributed by atoms with E-state index >= 15 is 0 Å². The summed E-state index contributed by atoms with van der Waals surface area (Å²) in [5.74, 6) is -0.541. The predicted octanol–water partition coefficient (Wildman–Crippen LogP) is 5.19. The molecule has 1 heterocycles. The molecular weight excluding hydrogens is 357 g/mol. The van der Waals surface area contributed by atoms with E-state index in [0.29, 0.717) is 31.9 Å². The maximum atomic E-state index is 13.2. The maximum absolute atomic E-state index is 13.2. The van der Waals surface area contributed by atoms with Crippen molar-refractivity contribution in [3.05, 3.63) is 58.2 Å². The zero-order valence-corrected chi connectivity index (χ0v) is 17.9. The first-order chi connectivity index (χ1) is 13.2. The van der Waals surface area contributed by atoms with Crippen LogP contribution in [-0.4, -0.2) is 23.8 Å². The highest BCUT2D eigenvalue weighted by Gasteiger charge is 2.31. The van der Waals surface area contributed by atoms with E-state index in [1.807, 2.05) is 20.8 Å². The van der Waals surface area contributed by atoms with Crippen LogP contribution in [-0.2, 0) is 34.5 Å². The molecule has 28 heavy (non-hydrogen) atoms. The van der Waals surface area contributed by atoms with Crippen LogP contribution in [0.25, 0.3) is 0 Å². The Kier molecular flexibility index (Phi) is 7.41. The Morgan fingerprint density at radius 2 is 1.75 bits per heavy atom. The van der Waals surface area contributed by atoms with E-state index in [-0.39, 0.29) is 17.2 Å². The van der Waals surface area contributed by atoms with Crippen molar-refractivity contribution in [3.8, 4) is 0 Å². The summed E-state index contributed by atoms with van der Waals surface area (Å²) in [4.78, 5) is 12.7. The average Bonchev–Trinajstić information content (AvgIpc) is 2.91. The second-order valence-electron chi connectivity index (χ2n) is 7.92. The number of carbonyl (C=O) groups excluding carboxylic acids is 1. The summed E-state index contributed by atoms with van der Waals surface area (Å²) in [6.45, 7) is 14.1. The van der Waals surface area contributed by atoms with Gasteiger partial charge >= 0.3 is 5.97 Å². The Morgan fingerprint density at radius 1 is 1.11 bits per heavy atom. The molecular formula is C23H32FNO3. The molecule has 2 aromatic rings. The molecule has 0 aliphatic rings. The molecule has 154 valence electrons. The third-order valence-electron chi connectivity index (χ3n) is 4.80. The Hall–Kier alpha value is -2.14. The number of aromatic nitrogens is 1. The Balaban J connectivity index is 2.51. The minimum Gasteiger partial charge on any atom is -0.462 e. The first kappa shape index (κ1) is 22.2. The van der Waals surface area contributed by atoms with Gasteiger partial charge in [0.25, 0.3) is 0 Å². The number of aryl methyl sites for hydroxylation is 1. The summed E-state index contributed by atoms with van der Waals surface area (Å²) < 4.78 is 26.4. The van der Waals surface area contributed by atoms with Gasteiger partial charge in [0.15, 0.2) is 0 Å². The quantitative estimate of drug-likeness (QED) is 0.584. The molecule has 1 aromatic heterocycles. The third-order valence-corrected chi connectivity index (χ3v) is 4.80. The van der Waals surface area contributed by atoms with Crippen molar-refractivity contribution in [1.82, 2.24) is 4.57 Å². The molecule has 0 aliphatic carbocycles. The average molecular weight is 390 g/mol. The van der Waals surface area contributed by atoms with Crippen LogP contribution in [0.15, 0.2) is 24.3 Å². The van der Waals surface area contributed by atoms with E-state index in [2.05, 4.69) is 25.3 Å². The van der Waals surface area contributed by atoms with Gasteiger partial charge in [0.2, 0.25) is 0 Å². The summed E-state index contributed by atoms with van der Waals surface area (Å²) >= 11 is 0. The van der Waals surface area contributed by atoms with Gasteiger partial charge in [-0.1, -0.05) is 32.9 Å². The lowest BCUT2D eigenvalue weighted by atomic mass is 9.88. The number of rotatable bonds is 8. The summed E-state index contributed by atoms with van der Waals surface area (Å²) in [7, 11) is 0. The van der Waals surface area contributed by atoms with Crippen molar-refractivity contribution < 1.29 is 18.7 Å². The highest BCUT2D eigenvalue weighted by atomic mass is 19.1. The third kappa shape index (κ3) is 5.02. The standard InChI is InChI=1S/C23H32FNO3/c1-7-27-15-19-20(22(26)28-8-2)16(3)25(21(19)23(4,5)6)14-13-17-9-11-18(24)12-10-17/h9-12H,7-8,13-15H2,1-6H3. The number of nitrogens with zero attached hydrogens (tertiary/aromatic N) is 1. The van der Waals surface area contributed by atoms with Crippen LogP contribution in [0.1, 0.15) is 67.5 Å². The highest BCUT2D eigenvalue weighted by molar-refractivity contribution is 5.93. The zero-order chi connectivity index (χ0) is 20.9. The smallest absolute Gasteiger partial charge is 0.340 e. The first-order valence-electron chi connectivity index (χ1n) is 9.92. The van der Waals surface area contributed by atoms with Gasteiger partial charge in [-0.05, 0) is 44.9 Å². The zero-order valence-electron chi connectivity index (χ0n) is 17.9. The van der Waals surface area contributed by atoms with Crippen LogP contribution < -0.4 is 0 Å². The van der Waals surface area contributed by atoms with E-state index < -0.39 is 0 Å². The second kappa shape index (κ2) is 9.37. The fourth-order valence-electron chi connectivity index (χ4n) is 3.65. The van der Waals surface area contributed by atoms with Gasteiger partial charge in [0, 0.05) is 35.5 Å². The van der Waals surface area contributed by atoms with E-state index in [4.69, 9.17) is 9.47 Å². The molecule has 0 atom stereocenters. The van der Waals surface area contributed by atoms with Gasteiger partial charge in [-0.3, -0.25) is 0 Å². The number of hydrogen-bond acceptors (Lipinski definition) is 3. The summed E-state index contributed by atoms with van der Waals surface area (Å²) in [6.07, 6.45) is 0.745. The number of halogens is 1. The molecule has 0 aliphatic heterocycles. The van der Waals surface area contributed by atoms with Gasteiger partial charge in [0.1, 0.15) is 5.82 Å². The molecule has 0 unspecified atom stereocenters. The number of carbonyl (C=O) groups is 1. The van der Waals surface area contributed by atoms with E-state index in [9.17, 15) is 9.18 Å².